The molecule has 3 aromatic rings. The smallest absolute Gasteiger partial charge is 0.168 e. The van der Waals surface area contributed by atoms with Crippen molar-refractivity contribution in [2.24, 2.45) is 0 Å². The van der Waals surface area contributed by atoms with Crippen molar-refractivity contribution in [2.45, 2.75) is 89.8 Å². The number of halogens is 1. The SMILES string of the molecule is CCCCCCCC1(CCCCCCC[P+](c2ccccc2)(c2ccccc2)c2ccccc2)OCCO1.[Br-]. The van der Waals surface area contributed by atoms with Crippen molar-refractivity contribution in [3.05, 3.63) is 91.0 Å². The Morgan fingerprint density at radius 2 is 0.923 bits per heavy atom. The van der Waals surface area contributed by atoms with E-state index in [1.165, 1.54) is 86.3 Å². The van der Waals surface area contributed by atoms with Gasteiger partial charge in [-0.25, -0.2) is 0 Å². The molecule has 39 heavy (non-hydrogen) atoms. The minimum atomic E-state index is -1.70. The van der Waals surface area contributed by atoms with Gasteiger partial charge >= 0.3 is 0 Å². The fraction of sp³-hybridized carbons (Fsp3) is 0.486. The fourth-order valence-corrected chi connectivity index (χ4v) is 10.5. The summed E-state index contributed by atoms with van der Waals surface area (Å²) >= 11 is 0. The van der Waals surface area contributed by atoms with Gasteiger partial charge in [0.1, 0.15) is 23.2 Å². The van der Waals surface area contributed by atoms with Crippen molar-refractivity contribution < 1.29 is 26.5 Å². The molecule has 3 aromatic carbocycles. The van der Waals surface area contributed by atoms with Crippen molar-refractivity contribution in [3.8, 4) is 0 Å². The van der Waals surface area contributed by atoms with Gasteiger partial charge in [0.15, 0.2) is 5.79 Å². The first-order valence-corrected chi connectivity index (χ1v) is 17.1. The highest BCUT2D eigenvalue weighted by atomic mass is 79.9. The van der Waals surface area contributed by atoms with E-state index >= 15 is 0 Å². The van der Waals surface area contributed by atoms with Crippen molar-refractivity contribution in [1.82, 2.24) is 0 Å². The van der Waals surface area contributed by atoms with Crippen LogP contribution in [-0.4, -0.2) is 25.2 Å². The van der Waals surface area contributed by atoms with Crippen LogP contribution in [0.1, 0.15) is 84.0 Å². The molecule has 1 aliphatic rings. The fourth-order valence-electron chi connectivity index (χ4n) is 6.06. The van der Waals surface area contributed by atoms with Crippen molar-refractivity contribution >= 4 is 23.2 Å². The molecule has 0 bridgehead atoms. The summed E-state index contributed by atoms with van der Waals surface area (Å²) in [6, 6.07) is 33.8. The average molecular weight is 612 g/mol. The first kappa shape index (κ1) is 32.0. The normalized spacial score (nSPS) is 14.7. The monoisotopic (exact) mass is 610 g/mol. The standard InChI is InChI=1S/C35H48O2P.BrH/c1-2-3-4-6-18-27-35(36-29-30-37-35)28-19-7-5-8-20-31-38(32-21-12-9-13-22-32,33-23-14-10-15-24-33)34-25-16-11-17-26-34;/h9-17,21-26H,2-8,18-20,27-31H2,1H3;1H/q+1;/p-1. The second kappa shape index (κ2) is 17.3. The molecule has 0 N–H and O–H groups in total. The molecule has 0 atom stereocenters. The Morgan fingerprint density at radius 1 is 0.538 bits per heavy atom. The molecule has 1 saturated heterocycles. The molecular formula is C35H48BrO2P. The Hall–Kier alpha value is -1.51. The zero-order chi connectivity index (χ0) is 26.4. The second-order valence-corrected chi connectivity index (χ2v) is 14.4. The third-order valence-electron chi connectivity index (χ3n) is 8.12. The van der Waals surface area contributed by atoms with Gasteiger partial charge in [0.05, 0.1) is 19.4 Å². The average Bonchev–Trinajstić information content (AvgIpc) is 3.45. The quantitative estimate of drug-likeness (QED) is 0.150. The molecule has 212 valence electrons. The Labute approximate surface area is 249 Å². The third kappa shape index (κ3) is 8.99. The first-order chi connectivity index (χ1) is 18.8. The lowest BCUT2D eigenvalue weighted by Gasteiger charge is -2.28. The number of benzene rings is 3. The van der Waals surface area contributed by atoms with E-state index in [9.17, 15) is 0 Å². The van der Waals surface area contributed by atoms with Gasteiger partial charge in [-0.05, 0) is 62.1 Å². The summed E-state index contributed by atoms with van der Waals surface area (Å²) in [6.07, 6.45) is 16.1. The van der Waals surface area contributed by atoms with Crippen LogP contribution < -0.4 is 32.9 Å². The topological polar surface area (TPSA) is 18.5 Å². The molecule has 1 heterocycles. The molecule has 0 spiro atoms. The minimum absolute atomic E-state index is 0. The Bertz CT molecular complexity index is 926. The van der Waals surface area contributed by atoms with E-state index in [1.807, 2.05) is 0 Å². The van der Waals surface area contributed by atoms with Crippen molar-refractivity contribution in [1.29, 1.82) is 0 Å². The molecule has 0 aliphatic carbocycles. The lowest BCUT2D eigenvalue weighted by atomic mass is 9.99. The van der Waals surface area contributed by atoms with Crippen LogP contribution in [0.2, 0.25) is 0 Å². The summed E-state index contributed by atoms with van der Waals surface area (Å²) in [5.41, 5.74) is 0. The van der Waals surface area contributed by atoms with Crippen LogP contribution in [0.15, 0.2) is 91.0 Å². The maximum atomic E-state index is 6.15. The number of hydrogen-bond donors (Lipinski definition) is 0. The summed E-state index contributed by atoms with van der Waals surface area (Å²) in [5.74, 6) is -0.291. The minimum Gasteiger partial charge on any atom is -1.00 e. The lowest BCUT2D eigenvalue weighted by molar-refractivity contribution is -0.168. The third-order valence-corrected chi connectivity index (χ3v) is 12.6. The summed E-state index contributed by atoms with van der Waals surface area (Å²) in [4.78, 5) is 0. The second-order valence-electron chi connectivity index (χ2n) is 10.8. The summed E-state index contributed by atoms with van der Waals surface area (Å²) in [5, 5.41) is 4.48. The number of rotatable bonds is 17. The Balaban J connectivity index is 0.00000420. The molecule has 0 radical (unpaired) electrons. The van der Waals surface area contributed by atoms with E-state index in [0.29, 0.717) is 0 Å². The van der Waals surface area contributed by atoms with Crippen LogP contribution in [0.4, 0.5) is 0 Å². The van der Waals surface area contributed by atoms with E-state index in [-0.39, 0.29) is 22.8 Å². The van der Waals surface area contributed by atoms with E-state index in [0.717, 1.165) is 26.1 Å². The molecule has 0 unspecified atom stereocenters. The molecule has 4 heteroatoms. The molecule has 1 fully saturated rings. The summed E-state index contributed by atoms with van der Waals surface area (Å²) < 4.78 is 12.3. The Morgan fingerprint density at radius 3 is 1.36 bits per heavy atom. The molecular weight excluding hydrogens is 563 g/mol. The largest absolute Gasteiger partial charge is 1.00 e. The maximum absolute atomic E-state index is 6.15. The van der Waals surface area contributed by atoms with Crippen LogP contribution >= 0.6 is 7.26 Å². The van der Waals surface area contributed by atoms with E-state index in [4.69, 9.17) is 9.47 Å². The molecule has 0 amide bonds. The van der Waals surface area contributed by atoms with Gasteiger partial charge in [0, 0.05) is 12.8 Å². The van der Waals surface area contributed by atoms with E-state index < -0.39 is 7.26 Å². The van der Waals surface area contributed by atoms with Gasteiger partial charge in [0.25, 0.3) is 0 Å². The highest BCUT2D eigenvalue weighted by Crippen LogP contribution is 2.56. The summed E-state index contributed by atoms with van der Waals surface area (Å²) in [6.45, 7) is 3.80. The summed E-state index contributed by atoms with van der Waals surface area (Å²) in [7, 11) is -1.70. The predicted molar refractivity (Wildman–Crippen MR) is 166 cm³/mol. The zero-order valence-corrected chi connectivity index (χ0v) is 26.4. The lowest BCUT2D eigenvalue weighted by Crippen LogP contribution is -3.00. The molecule has 1 aliphatic heterocycles. The van der Waals surface area contributed by atoms with E-state index in [2.05, 4.69) is 97.9 Å². The van der Waals surface area contributed by atoms with Gasteiger partial charge in [-0.2, -0.15) is 0 Å². The van der Waals surface area contributed by atoms with Crippen molar-refractivity contribution in [2.75, 3.05) is 19.4 Å². The van der Waals surface area contributed by atoms with Crippen LogP contribution in [-0.2, 0) is 9.47 Å². The zero-order valence-electron chi connectivity index (χ0n) is 23.9. The number of unbranched alkanes of at least 4 members (excludes halogenated alkanes) is 8. The number of ether oxygens (including phenoxy) is 2. The highest BCUT2D eigenvalue weighted by molar-refractivity contribution is 7.95. The molecule has 0 saturated carbocycles. The first-order valence-electron chi connectivity index (χ1n) is 15.1. The Kier molecular flexibility index (Phi) is 14.2. The highest BCUT2D eigenvalue weighted by Gasteiger charge is 2.44. The van der Waals surface area contributed by atoms with Crippen molar-refractivity contribution in [3.63, 3.8) is 0 Å². The van der Waals surface area contributed by atoms with Crippen LogP contribution in [0.3, 0.4) is 0 Å². The van der Waals surface area contributed by atoms with Gasteiger partial charge in [-0.1, -0.05) is 100 Å². The van der Waals surface area contributed by atoms with E-state index in [1.54, 1.807) is 0 Å². The van der Waals surface area contributed by atoms with Gasteiger partial charge in [-0.3, -0.25) is 0 Å². The van der Waals surface area contributed by atoms with Gasteiger partial charge < -0.3 is 26.5 Å². The van der Waals surface area contributed by atoms with Gasteiger partial charge in [0.2, 0.25) is 0 Å². The maximum Gasteiger partial charge on any atom is 0.168 e. The van der Waals surface area contributed by atoms with Crippen LogP contribution in [0.5, 0.6) is 0 Å². The molecule has 2 nitrogen and oxygen atoms in total. The predicted octanol–water partition coefficient (Wildman–Crippen LogP) is 5.43. The van der Waals surface area contributed by atoms with Gasteiger partial charge in [-0.15, -0.1) is 0 Å². The van der Waals surface area contributed by atoms with Crippen LogP contribution in [0.25, 0.3) is 0 Å². The van der Waals surface area contributed by atoms with Crippen LogP contribution in [0, 0.1) is 0 Å². The molecule has 4 rings (SSSR count). The number of hydrogen-bond acceptors (Lipinski definition) is 2. The molecule has 0 aromatic heterocycles.